The van der Waals surface area contributed by atoms with Gasteiger partial charge in [0.05, 0.1) is 0 Å². The summed E-state index contributed by atoms with van der Waals surface area (Å²) in [5, 5.41) is 0. The number of rotatable bonds is 0. The summed E-state index contributed by atoms with van der Waals surface area (Å²) in [5.74, 6) is 0. The Bertz CT molecular complexity index is 99.2. The Kier molecular flexibility index (Phi) is 23.7. The van der Waals surface area contributed by atoms with E-state index in [-0.39, 0.29) is 49.3 Å². The van der Waals surface area contributed by atoms with E-state index in [1.165, 1.54) is 0 Å². The standard InChI is InChI=1S/Li.H2O4S.Si.Zn/c;1-5(2,3)4;;/h;(H2,1,2,3,4);;/q+1;;+4;+2/p-2. The van der Waals surface area contributed by atoms with Crippen molar-refractivity contribution in [1.82, 2.24) is 0 Å². The van der Waals surface area contributed by atoms with Gasteiger partial charge in [-0.1, -0.05) is 0 Å². The van der Waals surface area contributed by atoms with E-state index >= 15 is 0 Å². The van der Waals surface area contributed by atoms with Gasteiger partial charge in [-0.25, -0.2) is 0 Å². The number of hydrogen-bond donors (Lipinski definition) is 0. The number of hydrogen-bond acceptors (Lipinski definition) is 4. The molecule has 0 N–H and O–H groups in total. The summed E-state index contributed by atoms with van der Waals surface area (Å²) in [5.41, 5.74) is 0. The maximum absolute atomic E-state index is 8.52. The van der Waals surface area contributed by atoms with Crippen molar-refractivity contribution in [1.29, 1.82) is 0 Å². The second kappa shape index (κ2) is 8.31. The Balaban J connectivity index is -0.0000000267. The SMILES string of the molecule is O=S(=O)([O-])[O-].[Li+].[Si+4].[Zn+2]. The van der Waals surface area contributed by atoms with Crippen LogP contribution in [-0.4, -0.2) is 28.5 Å². The van der Waals surface area contributed by atoms with Gasteiger partial charge in [0.1, 0.15) is 0 Å². The summed E-state index contributed by atoms with van der Waals surface area (Å²) in [6, 6.07) is 0. The van der Waals surface area contributed by atoms with E-state index in [4.69, 9.17) is 17.5 Å². The van der Waals surface area contributed by atoms with Crippen LogP contribution in [0.25, 0.3) is 0 Å². The molecule has 8 heavy (non-hydrogen) atoms. The first-order valence-electron chi connectivity index (χ1n) is 0.667. The van der Waals surface area contributed by atoms with E-state index in [1.807, 2.05) is 0 Å². The fourth-order valence-corrected chi connectivity index (χ4v) is 0. The summed E-state index contributed by atoms with van der Waals surface area (Å²) in [6.45, 7) is 0. The van der Waals surface area contributed by atoms with Gasteiger partial charge in [0, 0.05) is 10.4 Å². The molecule has 0 bridgehead atoms. The Labute approximate surface area is 77.0 Å². The molecule has 0 aromatic carbocycles. The van der Waals surface area contributed by atoms with Gasteiger partial charge < -0.3 is 9.11 Å². The molecule has 0 aromatic rings. The van der Waals surface area contributed by atoms with Gasteiger partial charge in [0.2, 0.25) is 0 Å². The van der Waals surface area contributed by atoms with Crippen molar-refractivity contribution in [3.8, 4) is 0 Å². The molecular formula is LiO4SSiZn+5. The molecule has 0 spiro atoms. The van der Waals surface area contributed by atoms with E-state index in [0.29, 0.717) is 0 Å². The Morgan fingerprint density at radius 1 is 1.12 bits per heavy atom. The van der Waals surface area contributed by atoms with Crippen LogP contribution in [0.1, 0.15) is 0 Å². The molecule has 0 aliphatic heterocycles. The van der Waals surface area contributed by atoms with Gasteiger partial charge in [-0.2, -0.15) is 0 Å². The first-order valence-corrected chi connectivity index (χ1v) is 2.00. The van der Waals surface area contributed by atoms with Gasteiger partial charge in [0.15, 0.2) is 0 Å². The van der Waals surface area contributed by atoms with Crippen molar-refractivity contribution in [2.24, 2.45) is 0 Å². The first-order chi connectivity index (χ1) is 2.00. The van der Waals surface area contributed by atoms with Gasteiger partial charge >= 0.3 is 49.3 Å². The topological polar surface area (TPSA) is 80.3 Å². The molecule has 0 unspecified atom stereocenters. The molecule has 0 amide bonds. The van der Waals surface area contributed by atoms with Crippen LogP contribution in [0, 0.1) is 0 Å². The molecule has 0 atom stereocenters. The van der Waals surface area contributed by atoms with Crippen molar-refractivity contribution < 1.29 is 55.9 Å². The van der Waals surface area contributed by atoms with Crippen molar-refractivity contribution in [2.75, 3.05) is 0 Å². The normalized spacial score (nSPS) is 7.25. The molecule has 0 heterocycles. The maximum Gasteiger partial charge on any atom is 4.00 e. The van der Waals surface area contributed by atoms with E-state index in [0.717, 1.165) is 0 Å². The van der Waals surface area contributed by atoms with Crippen LogP contribution in [0.15, 0.2) is 0 Å². The van der Waals surface area contributed by atoms with Crippen molar-refractivity contribution in [2.45, 2.75) is 0 Å². The molecule has 0 aliphatic rings. The first kappa shape index (κ1) is 22.8. The largest absolute Gasteiger partial charge is 4.00 e. The van der Waals surface area contributed by atoms with E-state index in [1.54, 1.807) is 0 Å². The Morgan fingerprint density at radius 3 is 1.12 bits per heavy atom. The maximum atomic E-state index is 8.52. The van der Waals surface area contributed by atoms with E-state index < -0.39 is 10.4 Å². The van der Waals surface area contributed by atoms with Crippen LogP contribution in [0.2, 0.25) is 0 Å². The van der Waals surface area contributed by atoms with E-state index in [9.17, 15) is 0 Å². The summed E-state index contributed by atoms with van der Waals surface area (Å²) >= 11 is 0. The zero-order valence-electron chi connectivity index (χ0n) is 4.25. The third kappa shape index (κ3) is 170. The molecule has 0 saturated carbocycles. The third-order valence-corrected chi connectivity index (χ3v) is 0. The van der Waals surface area contributed by atoms with Gasteiger partial charge in [-0.15, -0.1) is 0 Å². The predicted molar refractivity (Wildman–Crippen MR) is 16.2 cm³/mol. The van der Waals surface area contributed by atoms with Crippen LogP contribution in [0.3, 0.4) is 0 Å². The van der Waals surface area contributed by atoms with Crippen LogP contribution in [-0.2, 0) is 29.9 Å². The minimum Gasteiger partial charge on any atom is -0.759 e. The summed E-state index contributed by atoms with van der Waals surface area (Å²) in [7, 11) is -5.17. The van der Waals surface area contributed by atoms with Gasteiger partial charge in [-0.3, -0.25) is 8.42 Å². The van der Waals surface area contributed by atoms with Crippen LogP contribution in [0.4, 0.5) is 0 Å². The molecule has 4 nitrogen and oxygen atoms in total. The minimum atomic E-state index is -5.17. The van der Waals surface area contributed by atoms with Crippen LogP contribution >= 0.6 is 0 Å². The Morgan fingerprint density at radius 2 is 1.12 bits per heavy atom. The van der Waals surface area contributed by atoms with Gasteiger partial charge in [0.25, 0.3) is 0 Å². The quantitative estimate of drug-likeness (QED) is 0.221. The van der Waals surface area contributed by atoms with Crippen LogP contribution < -0.4 is 18.9 Å². The van der Waals surface area contributed by atoms with E-state index in [2.05, 4.69) is 0 Å². The zero-order chi connectivity index (χ0) is 4.50. The van der Waals surface area contributed by atoms with Crippen molar-refractivity contribution in [3.63, 3.8) is 0 Å². The molecule has 0 fully saturated rings. The minimum absolute atomic E-state index is 0. The average molecular weight is 196 g/mol. The molecule has 8 heteroatoms. The average Bonchev–Trinajstić information content (AvgIpc) is 0.722. The zero-order valence-corrected chi connectivity index (χ0v) is 9.03. The molecule has 0 aromatic heterocycles. The Hall–Kier alpha value is 1.31. The van der Waals surface area contributed by atoms with Gasteiger partial charge in [-0.05, 0) is 0 Å². The summed E-state index contributed by atoms with van der Waals surface area (Å²) < 4.78 is 34.1. The molecule has 0 radical (unpaired) electrons. The predicted octanol–water partition coefficient (Wildman–Crippen LogP) is -4.72. The molecular weight excluding hydrogens is 196 g/mol. The summed E-state index contributed by atoms with van der Waals surface area (Å²) in [6.07, 6.45) is 0. The second-order valence-corrected chi connectivity index (χ2v) is 1.22. The fraction of sp³-hybridized carbons (Fsp3) is 0. The monoisotopic (exact) mass is 195 g/mol. The molecule has 0 rings (SSSR count). The fourth-order valence-electron chi connectivity index (χ4n) is 0. The van der Waals surface area contributed by atoms with Crippen molar-refractivity contribution >= 4 is 21.4 Å². The van der Waals surface area contributed by atoms with Crippen molar-refractivity contribution in [3.05, 3.63) is 0 Å². The van der Waals surface area contributed by atoms with Crippen LogP contribution in [0.5, 0.6) is 0 Å². The smallest absolute Gasteiger partial charge is 0.759 e. The molecule has 0 aliphatic carbocycles. The second-order valence-electron chi connectivity index (χ2n) is 0.408. The molecule has 0 saturated heterocycles. The summed E-state index contributed by atoms with van der Waals surface area (Å²) in [4.78, 5) is 0. The molecule has 32 valence electrons. The third-order valence-electron chi connectivity index (χ3n) is 0.